The standard InChI is InChI=1S/C20H26N4O3/c1-22-9-11-23(12-10-22)19(25)14-27-15-6-7-17-16(13-15)20(26)24-8-4-2-3-5-18(24)21-17/h6-7,13H,2-5,8-12,14H2,1H3. The Hall–Kier alpha value is -2.41. The molecule has 0 saturated carbocycles. The molecule has 1 aromatic heterocycles. The van der Waals surface area contributed by atoms with Gasteiger partial charge in [-0.1, -0.05) is 6.42 Å². The first-order valence-electron chi connectivity index (χ1n) is 9.74. The van der Waals surface area contributed by atoms with Gasteiger partial charge < -0.3 is 14.5 Å². The van der Waals surface area contributed by atoms with E-state index in [1.54, 1.807) is 16.7 Å². The molecule has 1 fully saturated rings. The van der Waals surface area contributed by atoms with Crippen molar-refractivity contribution in [1.82, 2.24) is 19.4 Å². The molecule has 27 heavy (non-hydrogen) atoms. The summed E-state index contributed by atoms with van der Waals surface area (Å²) in [6.45, 7) is 3.95. The van der Waals surface area contributed by atoms with Crippen LogP contribution in [0.4, 0.5) is 0 Å². The first-order valence-corrected chi connectivity index (χ1v) is 9.74. The van der Waals surface area contributed by atoms with E-state index in [4.69, 9.17) is 4.74 Å². The van der Waals surface area contributed by atoms with Crippen LogP contribution in [-0.2, 0) is 17.8 Å². The molecular formula is C20H26N4O3. The van der Waals surface area contributed by atoms with E-state index in [0.29, 0.717) is 16.7 Å². The number of aryl methyl sites for hydroxylation is 1. The predicted molar refractivity (Wildman–Crippen MR) is 103 cm³/mol. The summed E-state index contributed by atoms with van der Waals surface area (Å²) in [6, 6.07) is 5.33. The highest BCUT2D eigenvalue weighted by atomic mass is 16.5. The SMILES string of the molecule is CN1CCN(C(=O)COc2ccc3nc4n(c(=O)c3c2)CCCCC4)CC1. The third-order valence-electron chi connectivity index (χ3n) is 5.51. The molecule has 0 atom stereocenters. The first kappa shape index (κ1) is 18.0. The Morgan fingerprint density at radius 1 is 1.11 bits per heavy atom. The maximum atomic E-state index is 12.9. The smallest absolute Gasteiger partial charge is 0.261 e. The third kappa shape index (κ3) is 3.83. The van der Waals surface area contributed by atoms with Crippen LogP contribution in [-0.4, -0.2) is 65.1 Å². The Balaban J connectivity index is 1.50. The number of aromatic nitrogens is 2. The Kier molecular flexibility index (Phi) is 5.11. The number of carbonyl (C=O) groups is 1. The van der Waals surface area contributed by atoms with Crippen LogP contribution in [0.1, 0.15) is 25.1 Å². The average Bonchev–Trinajstić information content (AvgIpc) is 2.93. The fourth-order valence-corrected chi connectivity index (χ4v) is 3.78. The van der Waals surface area contributed by atoms with Crippen LogP contribution in [0.2, 0.25) is 0 Å². The topological polar surface area (TPSA) is 67.7 Å². The van der Waals surface area contributed by atoms with Crippen molar-refractivity contribution in [2.24, 2.45) is 0 Å². The van der Waals surface area contributed by atoms with Gasteiger partial charge in [0, 0.05) is 39.1 Å². The zero-order valence-electron chi connectivity index (χ0n) is 15.8. The fraction of sp³-hybridized carbons (Fsp3) is 0.550. The van der Waals surface area contributed by atoms with Gasteiger partial charge in [-0.25, -0.2) is 4.98 Å². The van der Waals surface area contributed by atoms with Gasteiger partial charge in [0.1, 0.15) is 11.6 Å². The molecule has 0 bridgehead atoms. The minimum atomic E-state index is -0.0139. The van der Waals surface area contributed by atoms with Crippen LogP contribution in [0.25, 0.3) is 10.9 Å². The molecule has 1 amide bonds. The first-order chi connectivity index (χ1) is 13.1. The molecule has 1 aromatic carbocycles. The van der Waals surface area contributed by atoms with Crippen molar-refractivity contribution in [2.75, 3.05) is 39.8 Å². The van der Waals surface area contributed by atoms with E-state index >= 15 is 0 Å². The lowest BCUT2D eigenvalue weighted by Crippen LogP contribution is -2.48. The average molecular weight is 370 g/mol. The van der Waals surface area contributed by atoms with E-state index in [2.05, 4.69) is 16.9 Å². The summed E-state index contributed by atoms with van der Waals surface area (Å²) in [5, 5.41) is 0.560. The number of piperazine rings is 1. The second kappa shape index (κ2) is 7.68. The van der Waals surface area contributed by atoms with E-state index in [1.807, 2.05) is 11.0 Å². The fourth-order valence-electron chi connectivity index (χ4n) is 3.78. The lowest BCUT2D eigenvalue weighted by atomic mass is 10.2. The van der Waals surface area contributed by atoms with Crippen molar-refractivity contribution in [3.63, 3.8) is 0 Å². The van der Waals surface area contributed by atoms with Crippen LogP contribution in [0, 0.1) is 0 Å². The molecule has 1 saturated heterocycles. The second-order valence-corrected chi connectivity index (χ2v) is 7.45. The number of nitrogens with zero attached hydrogens (tertiary/aromatic N) is 4. The summed E-state index contributed by atoms with van der Waals surface area (Å²) in [5.41, 5.74) is 0.693. The highest BCUT2D eigenvalue weighted by Gasteiger charge is 2.19. The Morgan fingerprint density at radius 3 is 2.74 bits per heavy atom. The maximum Gasteiger partial charge on any atom is 0.261 e. The summed E-state index contributed by atoms with van der Waals surface area (Å²) < 4.78 is 7.50. The van der Waals surface area contributed by atoms with Crippen LogP contribution >= 0.6 is 0 Å². The highest BCUT2D eigenvalue weighted by Crippen LogP contribution is 2.20. The molecule has 2 aliphatic rings. The molecule has 0 aliphatic carbocycles. The molecule has 2 aromatic rings. The number of rotatable bonds is 3. The summed E-state index contributed by atoms with van der Waals surface area (Å²) >= 11 is 0. The van der Waals surface area contributed by atoms with Crippen molar-refractivity contribution in [2.45, 2.75) is 32.2 Å². The van der Waals surface area contributed by atoms with Gasteiger partial charge in [0.15, 0.2) is 6.61 Å². The summed E-state index contributed by atoms with van der Waals surface area (Å²) in [4.78, 5) is 33.9. The monoisotopic (exact) mass is 370 g/mol. The Morgan fingerprint density at radius 2 is 1.93 bits per heavy atom. The van der Waals surface area contributed by atoms with Crippen molar-refractivity contribution >= 4 is 16.8 Å². The van der Waals surface area contributed by atoms with Gasteiger partial charge >= 0.3 is 0 Å². The summed E-state index contributed by atoms with van der Waals surface area (Å²) in [5.74, 6) is 1.40. The van der Waals surface area contributed by atoms with E-state index < -0.39 is 0 Å². The van der Waals surface area contributed by atoms with E-state index in [0.717, 1.165) is 64.2 Å². The minimum absolute atomic E-state index is 0.00504. The molecule has 144 valence electrons. The van der Waals surface area contributed by atoms with E-state index in [-0.39, 0.29) is 18.1 Å². The van der Waals surface area contributed by atoms with Crippen molar-refractivity contribution in [3.05, 3.63) is 34.4 Å². The molecule has 7 nitrogen and oxygen atoms in total. The largest absolute Gasteiger partial charge is 0.484 e. The highest BCUT2D eigenvalue weighted by molar-refractivity contribution is 5.80. The van der Waals surface area contributed by atoms with Crippen LogP contribution in [0.5, 0.6) is 5.75 Å². The van der Waals surface area contributed by atoms with Crippen molar-refractivity contribution < 1.29 is 9.53 Å². The zero-order valence-corrected chi connectivity index (χ0v) is 15.8. The number of fused-ring (bicyclic) bond motifs is 2. The van der Waals surface area contributed by atoms with E-state index in [9.17, 15) is 9.59 Å². The Bertz CT molecular complexity index is 900. The van der Waals surface area contributed by atoms with Gasteiger partial charge in [-0.3, -0.25) is 14.2 Å². The van der Waals surface area contributed by atoms with Gasteiger partial charge in [-0.2, -0.15) is 0 Å². The number of ether oxygens (including phenoxy) is 1. The number of hydrogen-bond acceptors (Lipinski definition) is 5. The molecule has 0 N–H and O–H groups in total. The van der Waals surface area contributed by atoms with Gasteiger partial charge in [0.2, 0.25) is 0 Å². The van der Waals surface area contributed by atoms with Gasteiger partial charge in [0.25, 0.3) is 11.5 Å². The van der Waals surface area contributed by atoms with E-state index in [1.165, 1.54) is 0 Å². The van der Waals surface area contributed by atoms with Gasteiger partial charge in [-0.15, -0.1) is 0 Å². The summed E-state index contributed by atoms with van der Waals surface area (Å²) in [6.07, 6.45) is 4.06. The molecule has 4 rings (SSSR count). The number of carbonyl (C=O) groups excluding carboxylic acids is 1. The lowest BCUT2D eigenvalue weighted by Gasteiger charge is -2.32. The Labute approximate surface area is 158 Å². The summed E-state index contributed by atoms with van der Waals surface area (Å²) in [7, 11) is 2.06. The quantitative estimate of drug-likeness (QED) is 0.814. The molecule has 0 unspecified atom stereocenters. The molecule has 7 heteroatoms. The maximum absolute atomic E-state index is 12.9. The lowest BCUT2D eigenvalue weighted by molar-refractivity contribution is -0.134. The van der Waals surface area contributed by atoms with Gasteiger partial charge in [-0.05, 0) is 38.1 Å². The molecular weight excluding hydrogens is 344 g/mol. The molecule has 3 heterocycles. The minimum Gasteiger partial charge on any atom is -0.484 e. The number of likely N-dealkylation sites (N-methyl/N-ethyl adjacent to an activating group) is 1. The van der Waals surface area contributed by atoms with Crippen molar-refractivity contribution in [3.8, 4) is 5.75 Å². The zero-order chi connectivity index (χ0) is 18.8. The van der Waals surface area contributed by atoms with Gasteiger partial charge in [0.05, 0.1) is 10.9 Å². The third-order valence-corrected chi connectivity index (χ3v) is 5.51. The molecule has 2 aliphatic heterocycles. The molecule has 0 spiro atoms. The number of hydrogen-bond donors (Lipinski definition) is 0. The second-order valence-electron chi connectivity index (χ2n) is 7.45. The number of amides is 1. The van der Waals surface area contributed by atoms with Crippen molar-refractivity contribution in [1.29, 1.82) is 0 Å². The number of benzene rings is 1. The van der Waals surface area contributed by atoms with Crippen LogP contribution in [0.3, 0.4) is 0 Å². The predicted octanol–water partition coefficient (Wildman–Crippen LogP) is 1.28. The normalized spacial score (nSPS) is 18.2. The molecule has 0 radical (unpaired) electrons. The van der Waals surface area contributed by atoms with Crippen LogP contribution in [0.15, 0.2) is 23.0 Å². The van der Waals surface area contributed by atoms with Crippen LogP contribution < -0.4 is 10.3 Å².